The van der Waals surface area contributed by atoms with Crippen molar-refractivity contribution in [1.82, 2.24) is 14.9 Å². The van der Waals surface area contributed by atoms with E-state index in [0.29, 0.717) is 23.8 Å². The average Bonchev–Trinajstić information content (AvgIpc) is 2.98. The van der Waals surface area contributed by atoms with E-state index in [1.54, 1.807) is 6.08 Å². The van der Waals surface area contributed by atoms with Crippen LogP contribution < -0.4 is 0 Å². The third-order valence-electron chi connectivity index (χ3n) is 9.15. The Kier molecular flexibility index (Phi) is 4.48. The zero-order chi connectivity index (χ0) is 21.3. The third kappa shape index (κ3) is 2.74. The molecule has 0 aromatic carbocycles. The van der Waals surface area contributed by atoms with Crippen LogP contribution in [0.4, 0.5) is 0 Å². The molecule has 5 nitrogen and oxygen atoms in total. The summed E-state index contributed by atoms with van der Waals surface area (Å²) in [5.74, 6) is 2.54. The van der Waals surface area contributed by atoms with E-state index in [4.69, 9.17) is 0 Å². The molecule has 1 N–H and O–H groups in total. The maximum Gasteiger partial charge on any atom is 0.246 e. The van der Waals surface area contributed by atoms with Gasteiger partial charge in [0.2, 0.25) is 5.91 Å². The third-order valence-corrected chi connectivity index (χ3v) is 9.15. The van der Waals surface area contributed by atoms with Gasteiger partial charge in [-0.1, -0.05) is 26.0 Å². The van der Waals surface area contributed by atoms with E-state index in [9.17, 15) is 9.90 Å². The highest BCUT2D eigenvalue weighted by atomic mass is 16.3. The van der Waals surface area contributed by atoms with Crippen LogP contribution in [0.1, 0.15) is 57.3 Å². The fourth-order valence-corrected chi connectivity index (χ4v) is 7.43. The Morgan fingerprint density at radius 3 is 2.63 bits per heavy atom. The second-order valence-corrected chi connectivity index (χ2v) is 10.6. The predicted molar refractivity (Wildman–Crippen MR) is 116 cm³/mol. The van der Waals surface area contributed by atoms with Gasteiger partial charge in [-0.3, -0.25) is 4.79 Å². The van der Waals surface area contributed by atoms with E-state index in [2.05, 4.69) is 36.0 Å². The van der Waals surface area contributed by atoms with E-state index in [0.717, 1.165) is 49.1 Å². The zero-order valence-electron chi connectivity index (χ0n) is 18.5. The molecule has 3 aliphatic carbocycles. The summed E-state index contributed by atoms with van der Waals surface area (Å²) in [6, 6.07) is 0.298. The number of likely N-dealkylation sites (N-methyl/N-ethyl adjacent to an activating group) is 1. The van der Waals surface area contributed by atoms with Crippen molar-refractivity contribution in [2.45, 2.75) is 65.0 Å². The molecule has 1 aliphatic heterocycles. The van der Waals surface area contributed by atoms with Crippen molar-refractivity contribution in [2.24, 2.45) is 28.6 Å². The first-order valence-corrected chi connectivity index (χ1v) is 11.4. The number of fused-ring (bicyclic) bond motifs is 5. The van der Waals surface area contributed by atoms with Crippen LogP contribution in [0.15, 0.2) is 30.1 Å². The number of aliphatic hydroxyl groups is 1. The van der Waals surface area contributed by atoms with Crippen molar-refractivity contribution in [3.05, 3.63) is 41.5 Å². The molecule has 0 spiro atoms. The molecule has 3 fully saturated rings. The van der Waals surface area contributed by atoms with Crippen molar-refractivity contribution >= 4 is 12.0 Å². The molecule has 5 heteroatoms. The van der Waals surface area contributed by atoms with E-state index < -0.39 is 6.10 Å². The normalized spacial score (nSPS) is 44.0. The molecule has 5 rings (SSSR count). The van der Waals surface area contributed by atoms with E-state index in [1.807, 2.05) is 31.3 Å². The molecule has 160 valence electrons. The number of carbonyl (C=O) groups excluding carboxylic acids is 1. The number of rotatable bonds is 1. The lowest BCUT2D eigenvalue weighted by atomic mass is 9.48. The van der Waals surface area contributed by atoms with Crippen molar-refractivity contribution in [2.75, 3.05) is 7.05 Å². The van der Waals surface area contributed by atoms with E-state index >= 15 is 0 Å². The molecule has 3 saturated carbocycles. The van der Waals surface area contributed by atoms with Gasteiger partial charge in [0.1, 0.15) is 5.82 Å². The van der Waals surface area contributed by atoms with Crippen LogP contribution in [0.5, 0.6) is 0 Å². The number of carbonyl (C=O) groups is 1. The number of hydrogen-bond acceptors (Lipinski definition) is 4. The summed E-state index contributed by atoms with van der Waals surface area (Å²) in [4.78, 5) is 22.8. The Bertz CT molecular complexity index is 923. The van der Waals surface area contributed by atoms with Crippen molar-refractivity contribution in [3.8, 4) is 0 Å². The molecular weight excluding hydrogens is 374 g/mol. The molecule has 0 saturated heterocycles. The van der Waals surface area contributed by atoms with Crippen LogP contribution >= 0.6 is 0 Å². The monoisotopic (exact) mass is 407 g/mol. The van der Waals surface area contributed by atoms with E-state index in [-0.39, 0.29) is 16.7 Å². The highest BCUT2D eigenvalue weighted by Crippen LogP contribution is 2.64. The predicted octanol–water partition coefficient (Wildman–Crippen LogP) is 3.78. The lowest BCUT2D eigenvalue weighted by Gasteiger charge is -2.59. The maximum absolute atomic E-state index is 12.3. The summed E-state index contributed by atoms with van der Waals surface area (Å²) in [5.41, 5.74) is 2.07. The summed E-state index contributed by atoms with van der Waals surface area (Å²) in [6.07, 6.45) is 14.7. The fraction of sp³-hybridized carbons (Fsp3) is 0.640. The number of amides is 1. The fourth-order valence-electron chi connectivity index (χ4n) is 7.43. The van der Waals surface area contributed by atoms with Crippen LogP contribution in [0.25, 0.3) is 6.08 Å². The molecule has 1 unspecified atom stereocenters. The Balaban J connectivity index is 1.47. The van der Waals surface area contributed by atoms with Gasteiger partial charge in [0.15, 0.2) is 0 Å². The number of nitrogens with zero attached hydrogens (tertiary/aromatic N) is 3. The number of aliphatic hydroxyl groups excluding tert-OH is 1. The first-order chi connectivity index (χ1) is 14.2. The van der Waals surface area contributed by atoms with Gasteiger partial charge in [0.05, 0.1) is 6.10 Å². The lowest BCUT2D eigenvalue weighted by molar-refractivity contribution is -0.140. The van der Waals surface area contributed by atoms with Gasteiger partial charge in [-0.15, -0.1) is 0 Å². The first-order valence-electron chi connectivity index (χ1n) is 11.4. The number of hydrogen-bond donors (Lipinski definition) is 1. The summed E-state index contributed by atoms with van der Waals surface area (Å²) in [7, 11) is 1.96. The first kappa shape index (κ1) is 19.9. The molecule has 0 bridgehead atoms. The Morgan fingerprint density at radius 2 is 1.90 bits per heavy atom. The smallest absolute Gasteiger partial charge is 0.246 e. The van der Waals surface area contributed by atoms with Gasteiger partial charge < -0.3 is 10.0 Å². The topological polar surface area (TPSA) is 66.3 Å². The van der Waals surface area contributed by atoms with Gasteiger partial charge >= 0.3 is 0 Å². The van der Waals surface area contributed by atoms with Crippen LogP contribution in [0.3, 0.4) is 0 Å². The quantitative estimate of drug-likeness (QED) is 0.769. The molecular formula is C25H33N3O2. The minimum absolute atomic E-state index is 0.0368. The maximum atomic E-state index is 12.3. The summed E-state index contributed by atoms with van der Waals surface area (Å²) in [5, 5.41) is 11.3. The summed E-state index contributed by atoms with van der Waals surface area (Å²) in [6.45, 7) is 6.55. The second kappa shape index (κ2) is 6.74. The summed E-state index contributed by atoms with van der Waals surface area (Å²) < 4.78 is 0. The molecule has 1 amide bonds. The van der Waals surface area contributed by atoms with Crippen molar-refractivity contribution in [1.29, 1.82) is 0 Å². The Morgan fingerprint density at radius 1 is 1.17 bits per heavy atom. The molecule has 1 aromatic heterocycles. The standard InChI is InChI=1S/C25H33N3O2/c1-15-26-13-16(14-27-15)11-17-12-20-18-5-6-21-24(2,10-8-22(29)28(21)4)19(18)7-9-25(20,3)23(17)30/h8,10-11,13-14,18-21,23,30H,5-7,9,12H2,1-4H3/b17-11+/t18-,19+,20+,21?,23+,24-,25+/m1/s1. The SMILES string of the molecule is Cc1ncc(/C=C2\C[C@H]3[C@@H]4CCC5N(C)C(=O)C=C[C@]5(C)[C@H]4CC[C@]3(C)[C@H]2O)cn1. The molecule has 7 atom stereocenters. The lowest BCUT2D eigenvalue weighted by Crippen LogP contribution is -2.59. The van der Waals surface area contributed by atoms with Crippen molar-refractivity contribution < 1.29 is 9.90 Å². The van der Waals surface area contributed by atoms with Gasteiger partial charge in [-0.05, 0) is 68.4 Å². The average molecular weight is 408 g/mol. The Labute approximate surface area is 179 Å². The number of aromatic nitrogens is 2. The molecule has 2 heterocycles. The summed E-state index contributed by atoms with van der Waals surface area (Å²) >= 11 is 0. The van der Waals surface area contributed by atoms with Crippen molar-refractivity contribution in [3.63, 3.8) is 0 Å². The van der Waals surface area contributed by atoms with Gasteiger partial charge in [0.25, 0.3) is 0 Å². The Hall–Kier alpha value is -2.01. The second-order valence-electron chi connectivity index (χ2n) is 10.6. The molecule has 1 aromatic rings. The van der Waals surface area contributed by atoms with Crippen LogP contribution in [0, 0.1) is 35.5 Å². The number of aryl methyl sites for hydroxylation is 1. The van der Waals surface area contributed by atoms with Crippen LogP contribution in [-0.2, 0) is 4.79 Å². The van der Waals surface area contributed by atoms with Gasteiger partial charge in [-0.2, -0.15) is 0 Å². The van der Waals surface area contributed by atoms with Gasteiger partial charge in [0, 0.05) is 41.9 Å². The minimum Gasteiger partial charge on any atom is -0.388 e. The highest BCUT2D eigenvalue weighted by molar-refractivity contribution is 5.89. The zero-order valence-corrected chi connectivity index (χ0v) is 18.5. The van der Waals surface area contributed by atoms with E-state index in [1.165, 1.54) is 0 Å². The molecule has 4 aliphatic rings. The van der Waals surface area contributed by atoms with Crippen LogP contribution in [-0.4, -0.2) is 45.1 Å². The largest absolute Gasteiger partial charge is 0.388 e. The minimum atomic E-state index is -0.401. The van der Waals surface area contributed by atoms with Gasteiger partial charge in [-0.25, -0.2) is 9.97 Å². The molecule has 0 radical (unpaired) electrons. The molecule has 30 heavy (non-hydrogen) atoms. The van der Waals surface area contributed by atoms with Crippen LogP contribution in [0.2, 0.25) is 0 Å². The highest BCUT2D eigenvalue weighted by Gasteiger charge is 2.61.